The molecule has 19 heavy (non-hydrogen) atoms. The van der Waals surface area contributed by atoms with Crippen molar-refractivity contribution in [3.8, 4) is 0 Å². The molecule has 2 rings (SSSR count). The first-order chi connectivity index (χ1) is 9.15. The Labute approximate surface area is 122 Å². The molecule has 1 amide bonds. The van der Waals surface area contributed by atoms with E-state index in [9.17, 15) is 4.79 Å². The molecule has 1 fully saturated rings. The van der Waals surface area contributed by atoms with Crippen LogP contribution in [0, 0.1) is 5.92 Å². The second-order valence-corrected chi connectivity index (χ2v) is 5.97. The zero-order chi connectivity index (χ0) is 13.7. The summed E-state index contributed by atoms with van der Waals surface area (Å²) in [5, 5.41) is 2.97. The number of piperidine rings is 1. The fraction of sp³-hybridized carbons (Fsp3) is 0.571. The summed E-state index contributed by atoms with van der Waals surface area (Å²) in [6, 6.07) is 3.56. The lowest BCUT2D eigenvalue weighted by Gasteiger charge is -2.28. The van der Waals surface area contributed by atoms with Crippen molar-refractivity contribution in [3.63, 3.8) is 0 Å². The Morgan fingerprint density at radius 1 is 1.47 bits per heavy atom. The van der Waals surface area contributed by atoms with Gasteiger partial charge in [0.15, 0.2) is 0 Å². The number of nitrogens with one attached hydrogen (secondary N) is 1. The molecule has 1 aromatic rings. The summed E-state index contributed by atoms with van der Waals surface area (Å²) >= 11 is 3.26. The molecular formula is C14H20BrN3O. The molecule has 0 aromatic carbocycles. The molecule has 5 heteroatoms. The number of carbonyl (C=O) groups is 1. The number of hydrogen-bond donors (Lipinski definition) is 1. The van der Waals surface area contributed by atoms with E-state index in [1.165, 1.54) is 25.9 Å². The average molecular weight is 326 g/mol. The van der Waals surface area contributed by atoms with Crippen LogP contribution in [0.25, 0.3) is 0 Å². The summed E-state index contributed by atoms with van der Waals surface area (Å²) in [5.74, 6) is 0.715. The smallest absolute Gasteiger partial charge is 0.252 e. The van der Waals surface area contributed by atoms with Crippen molar-refractivity contribution in [1.29, 1.82) is 0 Å². The summed E-state index contributed by atoms with van der Waals surface area (Å²) < 4.78 is 0.746. The molecule has 1 aliphatic heterocycles. The van der Waals surface area contributed by atoms with E-state index >= 15 is 0 Å². The van der Waals surface area contributed by atoms with Gasteiger partial charge in [0.2, 0.25) is 0 Å². The number of pyridine rings is 1. The van der Waals surface area contributed by atoms with Crippen molar-refractivity contribution in [2.45, 2.75) is 19.3 Å². The predicted molar refractivity (Wildman–Crippen MR) is 79.1 cm³/mol. The van der Waals surface area contributed by atoms with Gasteiger partial charge < -0.3 is 10.2 Å². The van der Waals surface area contributed by atoms with E-state index in [1.54, 1.807) is 18.3 Å². The zero-order valence-electron chi connectivity index (χ0n) is 11.2. The number of hydrogen-bond acceptors (Lipinski definition) is 3. The average Bonchev–Trinajstić information content (AvgIpc) is 2.41. The highest BCUT2D eigenvalue weighted by atomic mass is 79.9. The molecular weight excluding hydrogens is 306 g/mol. The van der Waals surface area contributed by atoms with Gasteiger partial charge in [0.1, 0.15) is 4.60 Å². The molecule has 4 nitrogen and oxygen atoms in total. The Kier molecular flexibility index (Phi) is 5.34. The molecule has 0 bridgehead atoms. The molecule has 0 radical (unpaired) electrons. The van der Waals surface area contributed by atoms with Gasteiger partial charge in [0.25, 0.3) is 5.91 Å². The molecule has 0 aliphatic carbocycles. The van der Waals surface area contributed by atoms with Crippen molar-refractivity contribution in [2.75, 3.05) is 26.7 Å². The minimum absolute atomic E-state index is 0.0343. The van der Waals surface area contributed by atoms with Crippen LogP contribution in [0.5, 0.6) is 0 Å². The number of amides is 1. The minimum atomic E-state index is -0.0343. The minimum Gasteiger partial charge on any atom is -0.352 e. The van der Waals surface area contributed by atoms with Gasteiger partial charge in [-0.15, -0.1) is 0 Å². The van der Waals surface area contributed by atoms with E-state index in [0.29, 0.717) is 5.56 Å². The number of carbonyl (C=O) groups excluding carboxylic acids is 1. The lowest BCUT2D eigenvalue weighted by Crippen LogP contribution is -2.32. The zero-order valence-corrected chi connectivity index (χ0v) is 12.8. The van der Waals surface area contributed by atoms with Crippen LogP contribution in [0.15, 0.2) is 22.9 Å². The van der Waals surface area contributed by atoms with E-state index in [2.05, 4.69) is 38.2 Å². The fourth-order valence-electron chi connectivity index (χ4n) is 2.35. The number of halogens is 1. The van der Waals surface area contributed by atoms with E-state index in [1.807, 2.05) is 0 Å². The Hall–Kier alpha value is -0.940. The van der Waals surface area contributed by atoms with E-state index in [-0.39, 0.29) is 5.91 Å². The van der Waals surface area contributed by atoms with Crippen molar-refractivity contribution >= 4 is 21.8 Å². The third-order valence-electron chi connectivity index (χ3n) is 3.67. The van der Waals surface area contributed by atoms with Crippen molar-refractivity contribution in [2.24, 2.45) is 5.92 Å². The first-order valence-corrected chi connectivity index (χ1v) is 7.53. The van der Waals surface area contributed by atoms with Gasteiger partial charge >= 0.3 is 0 Å². The third kappa shape index (κ3) is 4.58. The Morgan fingerprint density at radius 3 is 2.84 bits per heavy atom. The van der Waals surface area contributed by atoms with Gasteiger partial charge in [0.05, 0.1) is 5.56 Å². The second-order valence-electron chi connectivity index (χ2n) is 5.16. The van der Waals surface area contributed by atoms with E-state index in [0.717, 1.165) is 23.5 Å². The molecule has 0 unspecified atom stereocenters. The van der Waals surface area contributed by atoms with Gasteiger partial charge in [-0.2, -0.15) is 0 Å². The van der Waals surface area contributed by atoms with Crippen molar-refractivity contribution in [3.05, 3.63) is 28.5 Å². The van der Waals surface area contributed by atoms with Crippen molar-refractivity contribution < 1.29 is 4.79 Å². The molecule has 1 saturated heterocycles. The highest BCUT2D eigenvalue weighted by molar-refractivity contribution is 9.10. The lowest BCUT2D eigenvalue weighted by atomic mass is 9.94. The van der Waals surface area contributed by atoms with Crippen LogP contribution in [-0.2, 0) is 0 Å². The summed E-state index contributed by atoms with van der Waals surface area (Å²) in [5.41, 5.74) is 0.617. The van der Waals surface area contributed by atoms with Gasteiger partial charge in [0, 0.05) is 12.7 Å². The number of likely N-dealkylation sites (tertiary alicyclic amines) is 1. The van der Waals surface area contributed by atoms with E-state index < -0.39 is 0 Å². The predicted octanol–water partition coefficient (Wildman–Crippen LogP) is 2.31. The third-order valence-corrected chi connectivity index (χ3v) is 4.13. The molecule has 104 valence electrons. The summed E-state index contributed by atoms with van der Waals surface area (Å²) in [6.07, 6.45) is 5.15. The normalized spacial score (nSPS) is 17.4. The standard InChI is InChI=1S/C14H20BrN3O/c1-18-8-5-11(6-9-18)4-7-16-14(19)12-2-3-13(15)17-10-12/h2-3,10-11H,4-9H2,1H3,(H,16,19). The van der Waals surface area contributed by atoms with Gasteiger partial charge in [-0.25, -0.2) is 4.98 Å². The van der Waals surface area contributed by atoms with Crippen LogP contribution in [0.4, 0.5) is 0 Å². The Bertz CT molecular complexity index is 413. The maximum atomic E-state index is 11.9. The SMILES string of the molecule is CN1CCC(CCNC(=O)c2ccc(Br)nc2)CC1. The van der Waals surface area contributed by atoms with Gasteiger partial charge in [-0.3, -0.25) is 4.79 Å². The van der Waals surface area contributed by atoms with Crippen LogP contribution in [0.2, 0.25) is 0 Å². The molecule has 0 atom stereocenters. The molecule has 0 spiro atoms. The van der Waals surface area contributed by atoms with Crippen LogP contribution < -0.4 is 5.32 Å². The molecule has 1 aliphatic rings. The Morgan fingerprint density at radius 2 is 2.21 bits per heavy atom. The fourth-order valence-corrected chi connectivity index (χ4v) is 2.59. The molecule has 0 saturated carbocycles. The summed E-state index contributed by atoms with van der Waals surface area (Å²) in [6.45, 7) is 3.10. The summed E-state index contributed by atoms with van der Waals surface area (Å²) in [4.78, 5) is 18.3. The van der Waals surface area contributed by atoms with Gasteiger partial charge in [-0.05, 0) is 73.4 Å². The highest BCUT2D eigenvalue weighted by Crippen LogP contribution is 2.18. The van der Waals surface area contributed by atoms with Crippen LogP contribution in [0.3, 0.4) is 0 Å². The maximum Gasteiger partial charge on any atom is 0.252 e. The van der Waals surface area contributed by atoms with Gasteiger partial charge in [-0.1, -0.05) is 0 Å². The largest absolute Gasteiger partial charge is 0.352 e. The van der Waals surface area contributed by atoms with Crippen molar-refractivity contribution in [1.82, 2.24) is 15.2 Å². The lowest BCUT2D eigenvalue weighted by molar-refractivity contribution is 0.0948. The number of rotatable bonds is 4. The topological polar surface area (TPSA) is 45.2 Å². The number of aromatic nitrogens is 1. The van der Waals surface area contributed by atoms with Crippen LogP contribution >= 0.6 is 15.9 Å². The maximum absolute atomic E-state index is 11.9. The summed E-state index contributed by atoms with van der Waals surface area (Å²) in [7, 11) is 2.17. The Balaban J connectivity index is 1.70. The monoisotopic (exact) mass is 325 g/mol. The second kappa shape index (κ2) is 7.01. The van der Waals surface area contributed by atoms with Crippen LogP contribution in [0.1, 0.15) is 29.6 Å². The number of nitrogens with zero attached hydrogens (tertiary/aromatic N) is 2. The first kappa shape index (κ1) is 14.5. The molecule has 2 heterocycles. The van der Waals surface area contributed by atoms with Crippen LogP contribution in [-0.4, -0.2) is 42.5 Å². The highest BCUT2D eigenvalue weighted by Gasteiger charge is 2.16. The van der Waals surface area contributed by atoms with E-state index in [4.69, 9.17) is 0 Å². The first-order valence-electron chi connectivity index (χ1n) is 6.73. The molecule has 1 N–H and O–H groups in total. The quantitative estimate of drug-likeness (QED) is 0.864. The molecule has 1 aromatic heterocycles.